The van der Waals surface area contributed by atoms with E-state index < -0.39 is 0 Å². The van der Waals surface area contributed by atoms with Gasteiger partial charge in [-0.2, -0.15) is 0 Å². The van der Waals surface area contributed by atoms with E-state index in [0.717, 1.165) is 26.4 Å². The van der Waals surface area contributed by atoms with E-state index in [1.54, 1.807) is 0 Å². The second-order valence-electron chi connectivity index (χ2n) is 5.45. The van der Waals surface area contributed by atoms with Crippen molar-refractivity contribution in [3.8, 4) is 0 Å². The van der Waals surface area contributed by atoms with E-state index in [2.05, 4.69) is 27.7 Å². The number of epoxide rings is 4. The van der Waals surface area contributed by atoms with Gasteiger partial charge in [-0.25, -0.2) is 0 Å². The molecule has 4 nitrogen and oxygen atoms in total. The molecule has 0 saturated carbocycles. The van der Waals surface area contributed by atoms with Gasteiger partial charge in [0.05, 0.1) is 50.8 Å². The van der Waals surface area contributed by atoms with Crippen LogP contribution in [0.2, 0.25) is 0 Å². The first-order chi connectivity index (χ1) is 9.73. The normalized spacial score (nSPS) is 27.4. The summed E-state index contributed by atoms with van der Waals surface area (Å²) in [5, 5.41) is 0. The van der Waals surface area contributed by atoms with Crippen LogP contribution in [0.1, 0.15) is 90.5 Å². The molecule has 0 N–H and O–H groups in total. The third-order valence-corrected chi connectivity index (χ3v) is 3.43. The van der Waals surface area contributed by atoms with Crippen LogP contribution < -0.4 is 0 Å². The van der Waals surface area contributed by atoms with Crippen molar-refractivity contribution in [1.82, 2.24) is 0 Å². The Morgan fingerprint density at radius 3 is 0.560 bits per heavy atom. The van der Waals surface area contributed by atoms with Gasteiger partial charge in [0.2, 0.25) is 0 Å². The zero-order valence-electron chi connectivity index (χ0n) is 13.6. The van der Waals surface area contributed by atoms with Crippen LogP contribution in [0.4, 0.5) is 0 Å². The topological polar surface area (TPSA) is 50.1 Å². The molecular weight excluding hydrogens is 316 g/mol. The Morgan fingerprint density at radius 1 is 0.440 bits per heavy atom. The van der Waals surface area contributed by atoms with E-state index in [0.29, 0.717) is 24.4 Å². The van der Waals surface area contributed by atoms with Gasteiger partial charge in [-0.3, -0.25) is 0 Å². The van der Waals surface area contributed by atoms with Gasteiger partial charge in [0.1, 0.15) is 0 Å². The van der Waals surface area contributed by atoms with Crippen LogP contribution in [0.5, 0.6) is 0 Å². The van der Waals surface area contributed by atoms with Gasteiger partial charge in [0.25, 0.3) is 0 Å². The molecule has 4 heteroatoms. The molecule has 4 aliphatic heterocycles. The lowest BCUT2D eigenvalue weighted by Crippen LogP contribution is -1.73. The summed E-state index contributed by atoms with van der Waals surface area (Å²) in [6.45, 7) is 12.6. The van der Waals surface area contributed by atoms with Gasteiger partial charge in [-0.1, -0.05) is 64.8 Å². The molecule has 4 heterocycles. The highest BCUT2D eigenvalue weighted by Crippen LogP contribution is 2.12. The minimum atomic E-state index is 0. The molecule has 0 bridgehead atoms. The van der Waals surface area contributed by atoms with E-state index in [1.807, 2.05) is 0 Å². The Hall–Kier alpha value is -0.160. The maximum absolute atomic E-state index is 4.86. The van der Waals surface area contributed by atoms with Gasteiger partial charge >= 0.3 is 0 Å². The highest BCUT2D eigenvalue weighted by atomic mass is 16.6. The second kappa shape index (κ2) is 21.9. The third kappa shape index (κ3) is 28.9. The molecule has 0 aliphatic carbocycles. The monoisotopic (exact) mass is 368 g/mol. The van der Waals surface area contributed by atoms with Crippen molar-refractivity contribution in [2.75, 3.05) is 26.4 Å². The number of ether oxygens (including phenoxy) is 4. The van der Waals surface area contributed by atoms with Crippen molar-refractivity contribution in [3.63, 3.8) is 0 Å². The molecule has 160 valence electrons. The average Bonchev–Trinajstić information content (AvgIpc) is 3.33. The van der Waals surface area contributed by atoms with Crippen molar-refractivity contribution in [2.24, 2.45) is 0 Å². The van der Waals surface area contributed by atoms with Crippen molar-refractivity contribution >= 4 is 0 Å². The summed E-state index contributed by atoms with van der Waals surface area (Å²) < 4.78 is 19.4. The second-order valence-corrected chi connectivity index (χ2v) is 5.45. The number of hydrogen-bond donors (Lipinski definition) is 0. The van der Waals surface area contributed by atoms with Gasteiger partial charge in [0, 0.05) is 0 Å². The molecule has 4 saturated heterocycles. The van der Waals surface area contributed by atoms with E-state index >= 15 is 0 Å². The fraction of sp³-hybridized carbons (Fsp3) is 1.00. The Labute approximate surface area is 161 Å². The highest BCUT2D eigenvalue weighted by molar-refractivity contribution is 4.65. The third-order valence-electron chi connectivity index (χ3n) is 3.43. The average molecular weight is 369 g/mol. The maximum Gasteiger partial charge on any atom is 0.0807 e. The van der Waals surface area contributed by atoms with Crippen LogP contribution in [0, 0.1) is 0 Å². The van der Waals surface area contributed by atoms with Crippen molar-refractivity contribution in [3.05, 3.63) is 0 Å². The first-order valence-corrected chi connectivity index (χ1v) is 8.19. The largest absolute Gasteiger partial charge is 0.373 e. The van der Waals surface area contributed by atoms with Crippen LogP contribution in [0.25, 0.3) is 0 Å². The van der Waals surface area contributed by atoms with E-state index in [1.165, 1.54) is 25.7 Å². The summed E-state index contributed by atoms with van der Waals surface area (Å²) in [7, 11) is 0. The lowest BCUT2D eigenvalue weighted by molar-refractivity contribution is 0.403. The van der Waals surface area contributed by atoms with Gasteiger partial charge < -0.3 is 18.9 Å². The predicted octanol–water partition coefficient (Wildman–Crippen LogP) is 6.36. The summed E-state index contributed by atoms with van der Waals surface area (Å²) >= 11 is 0. The molecule has 4 fully saturated rings. The van der Waals surface area contributed by atoms with Crippen LogP contribution in [0.15, 0.2) is 0 Å². The fourth-order valence-corrected chi connectivity index (χ4v) is 1.21. The first kappa shape index (κ1) is 35.9. The number of rotatable bonds is 4. The predicted molar refractivity (Wildman–Crippen MR) is 114 cm³/mol. The summed E-state index contributed by atoms with van der Waals surface area (Å²) in [6, 6.07) is 0. The van der Waals surface area contributed by atoms with E-state index in [-0.39, 0.29) is 37.1 Å². The molecular formula is C21H52O4. The number of hydrogen-bond acceptors (Lipinski definition) is 4. The van der Waals surface area contributed by atoms with Gasteiger partial charge in [-0.15, -0.1) is 0 Å². The lowest BCUT2D eigenvalue weighted by atomic mass is 10.4. The Kier molecular flexibility index (Phi) is 31.4. The Bertz CT molecular complexity index is 172. The standard InChI is InChI=1S/4C4H8O.5CH4/c4*1-2-4-3-5-4;;;;;/h4*4H,2-3H2,1H3;5*1H4. The quantitative estimate of drug-likeness (QED) is 0.542. The minimum absolute atomic E-state index is 0. The molecule has 0 aromatic carbocycles. The molecule has 25 heavy (non-hydrogen) atoms. The molecule has 4 aliphatic rings. The van der Waals surface area contributed by atoms with Crippen LogP contribution in [-0.2, 0) is 18.9 Å². The van der Waals surface area contributed by atoms with Crippen molar-refractivity contribution in [1.29, 1.82) is 0 Å². The summed E-state index contributed by atoms with van der Waals surface area (Å²) in [5.74, 6) is 0. The lowest BCUT2D eigenvalue weighted by Gasteiger charge is -1.69. The van der Waals surface area contributed by atoms with Crippen LogP contribution >= 0.6 is 0 Å². The molecule has 4 rings (SSSR count). The molecule has 0 aromatic heterocycles. The van der Waals surface area contributed by atoms with Gasteiger partial charge in [0.15, 0.2) is 0 Å². The summed E-state index contributed by atoms with van der Waals surface area (Å²) in [5.41, 5.74) is 0. The molecule has 0 spiro atoms. The molecule has 0 aromatic rings. The van der Waals surface area contributed by atoms with Crippen molar-refractivity contribution < 1.29 is 18.9 Å². The minimum Gasteiger partial charge on any atom is -0.373 e. The highest BCUT2D eigenvalue weighted by Gasteiger charge is 2.19. The van der Waals surface area contributed by atoms with Crippen molar-refractivity contribution in [2.45, 2.75) is 115 Å². The smallest absolute Gasteiger partial charge is 0.0807 e. The SMILES string of the molecule is C.C.C.C.C.CCC1CO1.CCC1CO1.CCC1CO1.CCC1CO1. The Morgan fingerprint density at radius 2 is 0.560 bits per heavy atom. The summed E-state index contributed by atoms with van der Waals surface area (Å²) in [4.78, 5) is 0. The van der Waals surface area contributed by atoms with Gasteiger partial charge in [-0.05, 0) is 25.7 Å². The zero-order valence-corrected chi connectivity index (χ0v) is 13.6. The van der Waals surface area contributed by atoms with Crippen LogP contribution in [0.3, 0.4) is 0 Å². The molecule has 0 radical (unpaired) electrons. The van der Waals surface area contributed by atoms with E-state index in [9.17, 15) is 0 Å². The zero-order chi connectivity index (χ0) is 14.8. The molecule has 4 atom stereocenters. The van der Waals surface area contributed by atoms with Crippen LogP contribution in [-0.4, -0.2) is 50.8 Å². The summed E-state index contributed by atoms with van der Waals surface area (Å²) in [6.07, 6.45) is 7.31. The fourth-order valence-electron chi connectivity index (χ4n) is 1.21. The molecule has 0 amide bonds. The molecule has 4 unspecified atom stereocenters. The first-order valence-electron chi connectivity index (χ1n) is 8.19. The van der Waals surface area contributed by atoms with E-state index in [4.69, 9.17) is 18.9 Å². The Balaban J connectivity index is -0.0000000667. The maximum atomic E-state index is 4.86.